The minimum absolute atomic E-state index is 0.0619. The van der Waals surface area contributed by atoms with Crippen molar-refractivity contribution in [3.63, 3.8) is 0 Å². The summed E-state index contributed by atoms with van der Waals surface area (Å²) in [6.07, 6.45) is 49.3. The first-order valence-electron chi connectivity index (χ1n) is 25.5. The summed E-state index contributed by atoms with van der Waals surface area (Å²) in [4.78, 5) is 37.9. The monoisotopic (exact) mass is 813 g/mol. The fraction of sp³-hybridized carbons (Fsp3) is 0.941. The summed E-state index contributed by atoms with van der Waals surface area (Å²) in [5.74, 6) is -0.842. The SMILES string of the molecule is CCCCCCCCCCCCCC[13CH2][13C](=O)OCC(CO[13C](=O)[13CH2]CCCCCCCCCCCCCC)O[13C](=O)[13CH2]CCCCCCCCCCCCCC. The molecule has 0 heterocycles. The van der Waals surface area contributed by atoms with Crippen molar-refractivity contribution in [2.75, 3.05) is 13.2 Å². The van der Waals surface area contributed by atoms with Crippen molar-refractivity contribution in [1.29, 1.82) is 0 Å². The van der Waals surface area contributed by atoms with E-state index in [4.69, 9.17) is 14.2 Å². The molecule has 0 aliphatic heterocycles. The zero-order valence-electron chi connectivity index (χ0n) is 38.6. The molecule has 0 aromatic rings. The molecule has 0 rings (SSSR count). The standard InChI is InChI=1S/C51H98O6/c1-4-7-10-13-16-19-22-25-28-31-34-37-40-43-49(52)55-46-48(57-51(54)45-42-39-36-33-30-27-24-21-18-15-12-9-6-3)47-56-50(53)44-41-38-35-32-29-26-23-20-17-14-11-8-5-2/h48H,4-47H2,1-3H3/i43+1,44+1,45+1,49+1,50+1,51+1. The zero-order valence-corrected chi connectivity index (χ0v) is 38.6. The van der Waals surface area contributed by atoms with Crippen LogP contribution in [0.5, 0.6) is 0 Å². The molecule has 6 nitrogen and oxygen atoms in total. The van der Waals surface area contributed by atoms with E-state index in [0.29, 0.717) is 19.3 Å². The Morgan fingerprint density at radius 2 is 0.474 bits per heavy atom. The van der Waals surface area contributed by atoms with E-state index in [1.807, 2.05) is 0 Å². The van der Waals surface area contributed by atoms with Gasteiger partial charge in [0.15, 0.2) is 6.10 Å². The van der Waals surface area contributed by atoms with Crippen LogP contribution in [-0.4, -0.2) is 37.2 Å². The molecule has 0 aromatic carbocycles. The fourth-order valence-corrected chi connectivity index (χ4v) is 7.74. The van der Waals surface area contributed by atoms with Gasteiger partial charge >= 0.3 is 17.9 Å². The summed E-state index contributed by atoms with van der Waals surface area (Å²) < 4.78 is 16.8. The molecule has 0 amide bonds. The van der Waals surface area contributed by atoms with Gasteiger partial charge in [0.25, 0.3) is 0 Å². The van der Waals surface area contributed by atoms with E-state index < -0.39 is 6.10 Å². The molecule has 0 radical (unpaired) electrons. The summed E-state index contributed by atoms with van der Waals surface area (Å²) in [5, 5.41) is 0. The number of carbonyl (C=O) groups is 3. The van der Waals surface area contributed by atoms with Crippen molar-refractivity contribution in [2.24, 2.45) is 0 Å². The van der Waals surface area contributed by atoms with E-state index in [1.54, 1.807) is 0 Å². The van der Waals surface area contributed by atoms with Gasteiger partial charge in [-0.2, -0.15) is 0 Å². The van der Waals surface area contributed by atoms with Gasteiger partial charge in [0.2, 0.25) is 0 Å². The van der Waals surface area contributed by atoms with Crippen molar-refractivity contribution in [2.45, 2.75) is 297 Å². The maximum atomic E-state index is 12.8. The lowest BCUT2D eigenvalue weighted by Crippen LogP contribution is -2.30. The van der Waals surface area contributed by atoms with E-state index in [0.717, 1.165) is 57.8 Å². The highest BCUT2D eigenvalue weighted by molar-refractivity contribution is 5.71. The second-order valence-electron chi connectivity index (χ2n) is 17.5. The molecular formula is C51H98O6. The van der Waals surface area contributed by atoms with E-state index in [2.05, 4.69) is 20.8 Å². The smallest absolute Gasteiger partial charge is 0.306 e. The molecule has 0 saturated heterocycles. The van der Waals surface area contributed by atoms with Crippen LogP contribution in [0.25, 0.3) is 0 Å². The Bertz CT molecular complexity index is 798. The third-order valence-electron chi connectivity index (χ3n) is 11.6. The lowest BCUT2D eigenvalue weighted by molar-refractivity contribution is -0.167. The number of rotatable bonds is 47. The molecule has 0 N–H and O–H groups in total. The summed E-state index contributed by atoms with van der Waals surface area (Å²) >= 11 is 0. The molecule has 0 saturated carbocycles. The molecular weight excluding hydrogens is 715 g/mol. The Hall–Kier alpha value is -1.59. The Balaban J connectivity index is 4.31. The molecule has 0 atom stereocenters. The Morgan fingerprint density at radius 1 is 0.281 bits per heavy atom. The molecule has 57 heavy (non-hydrogen) atoms. The lowest BCUT2D eigenvalue weighted by atomic mass is 10.1. The van der Waals surface area contributed by atoms with Crippen LogP contribution in [-0.2, 0) is 28.6 Å². The number of hydrogen-bond acceptors (Lipinski definition) is 6. The first-order valence-corrected chi connectivity index (χ1v) is 25.5. The predicted octanol–water partition coefficient (Wildman–Crippen LogP) is 16.4. The molecule has 0 aliphatic carbocycles. The van der Waals surface area contributed by atoms with Crippen LogP contribution in [0.3, 0.4) is 0 Å². The van der Waals surface area contributed by atoms with Gasteiger partial charge in [-0.3, -0.25) is 14.4 Å². The van der Waals surface area contributed by atoms with Gasteiger partial charge in [0, 0.05) is 19.3 Å². The highest BCUT2D eigenvalue weighted by Gasteiger charge is 2.19. The minimum atomic E-state index is -0.759. The topological polar surface area (TPSA) is 78.9 Å². The van der Waals surface area contributed by atoms with Gasteiger partial charge in [-0.15, -0.1) is 0 Å². The van der Waals surface area contributed by atoms with Crippen molar-refractivity contribution in [1.82, 2.24) is 0 Å². The number of esters is 3. The summed E-state index contributed by atoms with van der Waals surface area (Å²) in [6, 6.07) is 0. The van der Waals surface area contributed by atoms with E-state index in [9.17, 15) is 14.4 Å². The number of hydrogen-bond donors (Lipinski definition) is 0. The van der Waals surface area contributed by atoms with Crippen LogP contribution < -0.4 is 0 Å². The van der Waals surface area contributed by atoms with Crippen LogP contribution in [0.4, 0.5) is 0 Å². The molecule has 6 heteroatoms. The normalized spacial score (nSPS) is 11.4. The Labute approximate surface area is 355 Å². The minimum Gasteiger partial charge on any atom is -0.462 e. The molecule has 0 spiro atoms. The largest absolute Gasteiger partial charge is 0.462 e. The van der Waals surface area contributed by atoms with Gasteiger partial charge in [-0.1, -0.05) is 252 Å². The highest BCUT2D eigenvalue weighted by atomic mass is 16.7. The second-order valence-corrected chi connectivity index (χ2v) is 17.5. The lowest BCUT2D eigenvalue weighted by Gasteiger charge is -2.18. The molecule has 0 fully saturated rings. The molecule has 0 aromatic heterocycles. The van der Waals surface area contributed by atoms with Crippen molar-refractivity contribution in [3.8, 4) is 0 Å². The van der Waals surface area contributed by atoms with Crippen LogP contribution in [0.2, 0.25) is 0 Å². The third-order valence-corrected chi connectivity index (χ3v) is 11.6. The Morgan fingerprint density at radius 3 is 0.702 bits per heavy atom. The zero-order chi connectivity index (χ0) is 41.5. The molecule has 0 aliphatic rings. The van der Waals surface area contributed by atoms with Crippen LogP contribution in [0.15, 0.2) is 0 Å². The molecule has 0 unspecified atom stereocenters. The quantitative estimate of drug-likeness (QED) is 0.0264. The number of carbonyl (C=O) groups excluding carboxylic acids is 3. The van der Waals surface area contributed by atoms with E-state index in [1.165, 1.54) is 193 Å². The van der Waals surface area contributed by atoms with Gasteiger partial charge < -0.3 is 14.2 Å². The van der Waals surface area contributed by atoms with Crippen molar-refractivity contribution in [3.05, 3.63) is 0 Å². The van der Waals surface area contributed by atoms with Crippen LogP contribution in [0.1, 0.15) is 290 Å². The summed E-state index contributed by atoms with van der Waals surface area (Å²) in [6.45, 7) is 6.67. The first kappa shape index (κ1) is 55.4. The van der Waals surface area contributed by atoms with Gasteiger partial charge in [-0.25, -0.2) is 0 Å². The predicted molar refractivity (Wildman–Crippen MR) is 243 cm³/mol. The van der Waals surface area contributed by atoms with E-state index >= 15 is 0 Å². The van der Waals surface area contributed by atoms with Crippen LogP contribution in [0, 0.1) is 0 Å². The van der Waals surface area contributed by atoms with Gasteiger partial charge in [0.1, 0.15) is 13.2 Å². The average Bonchev–Trinajstić information content (AvgIpc) is 3.21. The summed E-state index contributed by atoms with van der Waals surface area (Å²) in [5.41, 5.74) is 0. The average molecular weight is 813 g/mol. The maximum absolute atomic E-state index is 12.8. The molecule has 0 bridgehead atoms. The Kier molecular flexibility index (Phi) is 45.8. The third kappa shape index (κ3) is 45.3. The maximum Gasteiger partial charge on any atom is 0.306 e. The van der Waals surface area contributed by atoms with Gasteiger partial charge in [0.05, 0.1) is 0 Å². The van der Waals surface area contributed by atoms with Crippen molar-refractivity contribution >= 4 is 17.9 Å². The van der Waals surface area contributed by atoms with E-state index in [-0.39, 0.29) is 31.1 Å². The highest BCUT2D eigenvalue weighted by Crippen LogP contribution is 2.16. The number of ether oxygens (including phenoxy) is 3. The second kappa shape index (κ2) is 47.1. The summed E-state index contributed by atoms with van der Waals surface area (Å²) in [7, 11) is 0. The van der Waals surface area contributed by atoms with Gasteiger partial charge in [-0.05, 0) is 19.3 Å². The van der Waals surface area contributed by atoms with Crippen molar-refractivity contribution < 1.29 is 28.6 Å². The number of unbranched alkanes of at least 4 members (excludes halogenated alkanes) is 36. The fourth-order valence-electron chi connectivity index (χ4n) is 7.74. The van der Waals surface area contributed by atoms with Crippen LogP contribution >= 0.6 is 0 Å². The molecule has 338 valence electrons. The first-order chi connectivity index (χ1) is 28.0.